The van der Waals surface area contributed by atoms with E-state index >= 15 is 0 Å². The average molecular weight is 397 g/mol. The third-order valence-electron chi connectivity index (χ3n) is 3.37. The van der Waals surface area contributed by atoms with Crippen LogP contribution in [0.25, 0.3) is 0 Å². The summed E-state index contributed by atoms with van der Waals surface area (Å²) in [6.45, 7) is 1.93. The van der Waals surface area contributed by atoms with Crippen LogP contribution in [-0.2, 0) is 9.53 Å². The van der Waals surface area contributed by atoms with E-state index in [4.69, 9.17) is 16.3 Å². The zero-order chi connectivity index (χ0) is 20.0. The smallest absolute Gasteiger partial charge is 0.340 e. The Hall–Kier alpha value is -3.00. The van der Waals surface area contributed by atoms with Crippen LogP contribution in [0.2, 0.25) is 5.02 Å². The number of ether oxygens (including phenoxy) is 1. The van der Waals surface area contributed by atoms with E-state index in [1.807, 2.05) is 5.32 Å². The summed E-state index contributed by atoms with van der Waals surface area (Å²) in [5, 5.41) is 4.03. The molecule has 3 amide bonds. The van der Waals surface area contributed by atoms with Crippen molar-refractivity contribution in [3.8, 4) is 0 Å². The number of amides is 3. The van der Waals surface area contributed by atoms with E-state index in [0.717, 1.165) is 0 Å². The molecule has 1 atom stereocenters. The van der Waals surface area contributed by atoms with E-state index in [1.54, 1.807) is 25.1 Å². The Balaban J connectivity index is 2.29. The van der Waals surface area contributed by atoms with Crippen molar-refractivity contribution in [2.75, 3.05) is 6.54 Å². The van der Waals surface area contributed by atoms with Gasteiger partial charge in [0.2, 0.25) is 6.10 Å². The van der Waals surface area contributed by atoms with Crippen LogP contribution < -0.4 is 10.6 Å². The zero-order valence-corrected chi connectivity index (χ0v) is 14.8. The number of carbonyl (C=O) groups excluding carboxylic acids is 3. The first-order chi connectivity index (χ1) is 12.8. The number of imide groups is 1. The quantitative estimate of drug-likeness (QED) is 0.599. The fourth-order valence-electron chi connectivity index (χ4n) is 2.13. The Labute approximate surface area is 158 Å². The van der Waals surface area contributed by atoms with Gasteiger partial charge < -0.3 is 10.1 Å². The van der Waals surface area contributed by atoms with Gasteiger partial charge in [-0.2, -0.15) is 0 Å². The molecule has 0 saturated carbocycles. The molecular weight excluding hydrogens is 382 g/mol. The van der Waals surface area contributed by atoms with E-state index in [2.05, 4.69) is 5.32 Å². The van der Waals surface area contributed by atoms with Gasteiger partial charge in [-0.3, -0.25) is 10.1 Å². The summed E-state index contributed by atoms with van der Waals surface area (Å²) < 4.78 is 31.7. The molecule has 0 fully saturated rings. The van der Waals surface area contributed by atoms with Crippen LogP contribution in [0.3, 0.4) is 0 Å². The van der Waals surface area contributed by atoms with E-state index in [9.17, 15) is 23.2 Å². The first kappa shape index (κ1) is 20.3. The first-order valence-electron chi connectivity index (χ1n) is 7.82. The Bertz CT molecular complexity index is 862. The van der Waals surface area contributed by atoms with Crippen molar-refractivity contribution < 1.29 is 27.9 Å². The number of carbonyl (C=O) groups is 3. The predicted molar refractivity (Wildman–Crippen MR) is 93.2 cm³/mol. The molecule has 2 rings (SSSR count). The molecule has 142 valence electrons. The number of urea groups is 1. The standard InChI is InChI=1S/C18H15ClF2N2O4/c1-2-22-18(26)23-16(24)15(10-6-4-3-5-7-10)27-17(25)11-8-13(20)14(21)9-12(11)19/h3-9,15H,2H2,1H3,(H2,22,23,24,26)/t15-/m1/s1. The highest BCUT2D eigenvalue weighted by molar-refractivity contribution is 6.33. The highest BCUT2D eigenvalue weighted by Crippen LogP contribution is 2.25. The number of hydrogen-bond donors (Lipinski definition) is 2. The van der Waals surface area contributed by atoms with E-state index in [1.165, 1.54) is 12.1 Å². The van der Waals surface area contributed by atoms with Crippen molar-refractivity contribution in [1.82, 2.24) is 10.6 Å². The molecule has 0 radical (unpaired) electrons. The van der Waals surface area contributed by atoms with Crippen molar-refractivity contribution in [3.63, 3.8) is 0 Å². The van der Waals surface area contributed by atoms with Crippen molar-refractivity contribution in [2.45, 2.75) is 13.0 Å². The van der Waals surface area contributed by atoms with Gasteiger partial charge in [-0.25, -0.2) is 18.4 Å². The molecule has 0 heterocycles. The van der Waals surface area contributed by atoms with Crippen LogP contribution in [0.15, 0.2) is 42.5 Å². The molecule has 2 N–H and O–H groups in total. The van der Waals surface area contributed by atoms with Crippen molar-refractivity contribution in [2.24, 2.45) is 0 Å². The van der Waals surface area contributed by atoms with Gasteiger partial charge in [-0.05, 0) is 19.1 Å². The molecular formula is C18H15ClF2N2O4. The Morgan fingerprint density at radius 2 is 1.74 bits per heavy atom. The topological polar surface area (TPSA) is 84.5 Å². The van der Waals surface area contributed by atoms with Crippen LogP contribution in [0, 0.1) is 11.6 Å². The highest BCUT2D eigenvalue weighted by atomic mass is 35.5. The molecule has 6 nitrogen and oxygen atoms in total. The molecule has 2 aromatic carbocycles. The van der Waals surface area contributed by atoms with E-state index in [0.29, 0.717) is 12.1 Å². The molecule has 0 unspecified atom stereocenters. The first-order valence-corrected chi connectivity index (χ1v) is 8.20. The summed E-state index contributed by atoms with van der Waals surface area (Å²) in [6.07, 6.45) is -1.51. The predicted octanol–water partition coefficient (Wildman–Crippen LogP) is 3.36. The van der Waals surface area contributed by atoms with Crippen LogP contribution in [0.5, 0.6) is 0 Å². The number of nitrogens with one attached hydrogen (secondary N) is 2. The Morgan fingerprint density at radius 3 is 2.37 bits per heavy atom. The summed E-state index contributed by atoms with van der Waals surface area (Å²) >= 11 is 5.76. The molecule has 0 aliphatic rings. The molecule has 27 heavy (non-hydrogen) atoms. The van der Waals surface area contributed by atoms with E-state index < -0.39 is 41.2 Å². The summed E-state index contributed by atoms with van der Waals surface area (Å²) in [5.41, 5.74) is -0.186. The van der Waals surface area contributed by atoms with E-state index in [-0.39, 0.29) is 17.1 Å². The van der Waals surface area contributed by atoms with Crippen LogP contribution in [0.4, 0.5) is 13.6 Å². The average Bonchev–Trinajstić information content (AvgIpc) is 2.63. The molecule has 2 aromatic rings. The molecule has 0 aliphatic heterocycles. The molecule has 0 saturated heterocycles. The molecule has 0 bridgehead atoms. The number of benzene rings is 2. The lowest BCUT2D eigenvalue weighted by atomic mass is 10.1. The lowest BCUT2D eigenvalue weighted by Crippen LogP contribution is -2.42. The maximum atomic E-state index is 13.4. The fraction of sp³-hybridized carbons (Fsp3) is 0.167. The van der Waals surface area contributed by atoms with Crippen molar-refractivity contribution in [1.29, 1.82) is 0 Å². The Kier molecular flexibility index (Phi) is 6.84. The molecule has 0 spiro atoms. The maximum Gasteiger partial charge on any atom is 0.340 e. The van der Waals surface area contributed by atoms with Crippen molar-refractivity contribution in [3.05, 3.63) is 70.2 Å². The van der Waals surface area contributed by atoms with Crippen molar-refractivity contribution >= 4 is 29.5 Å². The normalized spacial score (nSPS) is 11.4. The monoisotopic (exact) mass is 396 g/mol. The lowest BCUT2D eigenvalue weighted by Gasteiger charge is -2.18. The minimum absolute atomic E-state index is 0.270. The van der Waals surface area contributed by atoms with Crippen LogP contribution in [-0.4, -0.2) is 24.5 Å². The molecule has 9 heteroatoms. The largest absolute Gasteiger partial charge is 0.444 e. The van der Waals surface area contributed by atoms with Crippen LogP contribution in [0.1, 0.15) is 28.9 Å². The van der Waals surface area contributed by atoms with Gasteiger partial charge in [-0.15, -0.1) is 0 Å². The molecule has 0 aliphatic carbocycles. The fourth-order valence-corrected chi connectivity index (χ4v) is 2.36. The van der Waals surface area contributed by atoms with Gasteiger partial charge >= 0.3 is 12.0 Å². The lowest BCUT2D eigenvalue weighted by molar-refractivity contribution is -0.129. The van der Waals surface area contributed by atoms with Gasteiger partial charge in [0.25, 0.3) is 5.91 Å². The third-order valence-corrected chi connectivity index (χ3v) is 3.68. The van der Waals surface area contributed by atoms with Gasteiger partial charge in [0.15, 0.2) is 11.6 Å². The summed E-state index contributed by atoms with van der Waals surface area (Å²) in [5.74, 6) is -4.60. The van der Waals surface area contributed by atoms with Gasteiger partial charge in [0, 0.05) is 12.1 Å². The molecule has 0 aromatic heterocycles. The van der Waals surface area contributed by atoms with Gasteiger partial charge in [0.05, 0.1) is 10.6 Å². The van der Waals surface area contributed by atoms with Gasteiger partial charge in [-0.1, -0.05) is 41.9 Å². The Morgan fingerprint density at radius 1 is 1.11 bits per heavy atom. The van der Waals surface area contributed by atoms with Gasteiger partial charge in [0.1, 0.15) is 0 Å². The third kappa shape index (κ3) is 5.24. The second-order valence-corrected chi connectivity index (χ2v) is 5.70. The summed E-state index contributed by atoms with van der Waals surface area (Å²) in [7, 11) is 0. The number of halogens is 3. The maximum absolute atomic E-state index is 13.4. The minimum Gasteiger partial charge on any atom is -0.444 e. The number of rotatable bonds is 5. The summed E-state index contributed by atoms with van der Waals surface area (Å²) in [4.78, 5) is 36.3. The minimum atomic E-state index is -1.51. The second kappa shape index (κ2) is 9.09. The highest BCUT2D eigenvalue weighted by Gasteiger charge is 2.28. The zero-order valence-electron chi connectivity index (χ0n) is 14.1. The summed E-state index contributed by atoms with van der Waals surface area (Å²) in [6, 6.07) is 8.30. The number of esters is 1. The number of hydrogen-bond acceptors (Lipinski definition) is 4. The SMILES string of the molecule is CCNC(=O)NC(=O)[C@H](OC(=O)c1cc(F)c(F)cc1Cl)c1ccccc1. The second-order valence-electron chi connectivity index (χ2n) is 5.29. The van der Waals surface area contributed by atoms with Crippen LogP contribution >= 0.6 is 11.6 Å².